The SMILES string of the molecule is Cc1ccc(NC(=O)c2cc(Br)ccc2C)cc1F. The first kappa shape index (κ1) is 13.7. The standard InChI is InChI=1S/C15H13BrFNO/c1-9-3-5-11(16)7-13(9)15(19)18-12-6-4-10(2)14(17)8-12/h3-8H,1-2H3,(H,18,19). The summed E-state index contributed by atoms with van der Waals surface area (Å²) in [5.41, 5.74) is 2.44. The molecule has 4 heteroatoms. The Labute approximate surface area is 119 Å². The molecular formula is C15H13BrFNO. The van der Waals surface area contributed by atoms with Crippen LogP contribution in [0.1, 0.15) is 21.5 Å². The van der Waals surface area contributed by atoms with E-state index in [0.717, 1.165) is 10.0 Å². The number of aryl methyl sites for hydroxylation is 2. The highest BCUT2D eigenvalue weighted by molar-refractivity contribution is 9.10. The van der Waals surface area contributed by atoms with Gasteiger partial charge in [-0.3, -0.25) is 4.79 Å². The summed E-state index contributed by atoms with van der Waals surface area (Å²) >= 11 is 3.33. The van der Waals surface area contributed by atoms with E-state index in [1.54, 1.807) is 25.1 Å². The van der Waals surface area contributed by atoms with Crippen LogP contribution in [0.2, 0.25) is 0 Å². The van der Waals surface area contributed by atoms with Gasteiger partial charge in [-0.15, -0.1) is 0 Å². The summed E-state index contributed by atoms with van der Waals surface area (Å²) in [6.45, 7) is 3.54. The van der Waals surface area contributed by atoms with E-state index in [-0.39, 0.29) is 11.7 Å². The third-order valence-corrected chi connectivity index (χ3v) is 3.37. The molecule has 1 N–H and O–H groups in total. The maximum Gasteiger partial charge on any atom is 0.255 e. The zero-order valence-electron chi connectivity index (χ0n) is 10.6. The normalized spacial score (nSPS) is 10.3. The summed E-state index contributed by atoms with van der Waals surface area (Å²) in [4.78, 5) is 12.1. The Morgan fingerprint density at radius 3 is 2.47 bits per heavy atom. The fraction of sp³-hybridized carbons (Fsp3) is 0.133. The third kappa shape index (κ3) is 3.20. The molecular weight excluding hydrogens is 309 g/mol. The van der Waals surface area contributed by atoms with Crippen LogP contribution in [0.5, 0.6) is 0 Å². The number of halogens is 2. The lowest BCUT2D eigenvalue weighted by molar-refractivity contribution is 0.102. The van der Waals surface area contributed by atoms with Crippen LogP contribution in [0.15, 0.2) is 40.9 Å². The molecule has 0 aromatic heterocycles. The quantitative estimate of drug-likeness (QED) is 0.869. The van der Waals surface area contributed by atoms with Crippen LogP contribution in [-0.2, 0) is 0 Å². The summed E-state index contributed by atoms with van der Waals surface area (Å²) in [6.07, 6.45) is 0. The van der Waals surface area contributed by atoms with Crippen molar-refractivity contribution in [3.63, 3.8) is 0 Å². The molecule has 0 heterocycles. The number of hydrogen-bond donors (Lipinski definition) is 1. The van der Waals surface area contributed by atoms with Gasteiger partial charge in [0, 0.05) is 15.7 Å². The third-order valence-electron chi connectivity index (χ3n) is 2.87. The van der Waals surface area contributed by atoms with E-state index in [1.165, 1.54) is 6.07 Å². The molecule has 0 bridgehead atoms. The first-order chi connectivity index (χ1) is 8.97. The van der Waals surface area contributed by atoms with E-state index in [0.29, 0.717) is 16.8 Å². The van der Waals surface area contributed by atoms with Crippen LogP contribution in [0.25, 0.3) is 0 Å². The molecule has 2 aromatic rings. The summed E-state index contributed by atoms with van der Waals surface area (Å²) in [6, 6.07) is 10.1. The molecule has 0 unspecified atom stereocenters. The second-order valence-corrected chi connectivity index (χ2v) is 5.29. The van der Waals surface area contributed by atoms with Crippen molar-refractivity contribution in [3.05, 3.63) is 63.4 Å². The lowest BCUT2D eigenvalue weighted by atomic mass is 10.1. The van der Waals surface area contributed by atoms with Gasteiger partial charge in [0.2, 0.25) is 0 Å². The van der Waals surface area contributed by atoms with Crippen molar-refractivity contribution in [1.29, 1.82) is 0 Å². The molecule has 0 atom stereocenters. The van der Waals surface area contributed by atoms with Crippen LogP contribution in [0, 0.1) is 19.7 Å². The number of nitrogens with one attached hydrogen (secondary N) is 1. The van der Waals surface area contributed by atoms with Crippen LogP contribution in [0.4, 0.5) is 10.1 Å². The minimum absolute atomic E-state index is 0.248. The summed E-state index contributed by atoms with van der Waals surface area (Å²) in [5.74, 6) is -0.578. The highest BCUT2D eigenvalue weighted by Crippen LogP contribution is 2.19. The van der Waals surface area contributed by atoms with E-state index >= 15 is 0 Å². The molecule has 0 aliphatic heterocycles. The monoisotopic (exact) mass is 321 g/mol. The molecule has 0 aliphatic carbocycles. The van der Waals surface area contributed by atoms with Gasteiger partial charge in [-0.2, -0.15) is 0 Å². The van der Waals surface area contributed by atoms with Gasteiger partial charge in [0.05, 0.1) is 0 Å². The van der Waals surface area contributed by atoms with Gasteiger partial charge in [0.15, 0.2) is 0 Å². The van der Waals surface area contributed by atoms with E-state index < -0.39 is 0 Å². The van der Waals surface area contributed by atoms with Crippen molar-refractivity contribution >= 4 is 27.5 Å². The van der Waals surface area contributed by atoms with Gasteiger partial charge < -0.3 is 5.32 Å². The molecule has 98 valence electrons. The number of carbonyl (C=O) groups excluding carboxylic acids is 1. The molecule has 2 rings (SSSR count). The maximum atomic E-state index is 13.4. The molecule has 0 radical (unpaired) electrons. The molecule has 0 aliphatic rings. The number of carbonyl (C=O) groups is 1. The van der Waals surface area contributed by atoms with Gasteiger partial charge >= 0.3 is 0 Å². The minimum atomic E-state index is -0.330. The number of amides is 1. The Hall–Kier alpha value is -1.68. The van der Waals surface area contributed by atoms with E-state index in [1.807, 2.05) is 19.1 Å². The van der Waals surface area contributed by atoms with Crippen molar-refractivity contribution in [2.24, 2.45) is 0 Å². The zero-order valence-corrected chi connectivity index (χ0v) is 12.2. The van der Waals surface area contributed by atoms with Gasteiger partial charge in [0.25, 0.3) is 5.91 Å². The number of rotatable bonds is 2. The smallest absolute Gasteiger partial charge is 0.255 e. The molecule has 0 spiro atoms. The Kier molecular flexibility index (Phi) is 4.00. The van der Waals surface area contributed by atoms with Gasteiger partial charge in [-0.1, -0.05) is 28.1 Å². The fourth-order valence-electron chi connectivity index (χ4n) is 1.71. The summed E-state index contributed by atoms with van der Waals surface area (Å²) < 4.78 is 14.2. The Morgan fingerprint density at radius 1 is 1.11 bits per heavy atom. The minimum Gasteiger partial charge on any atom is -0.322 e. The van der Waals surface area contributed by atoms with Gasteiger partial charge in [-0.05, 0) is 49.2 Å². The van der Waals surface area contributed by atoms with Crippen LogP contribution >= 0.6 is 15.9 Å². The van der Waals surface area contributed by atoms with Crippen LogP contribution < -0.4 is 5.32 Å². The average molecular weight is 322 g/mol. The van der Waals surface area contributed by atoms with E-state index in [2.05, 4.69) is 21.2 Å². The molecule has 0 fully saturated rings. The predicted octanol–water partition coefficient (Wildman–Crippen LogP) is 4.46. The molecule has 0 saturated carbocycles. The maximum absolute atomic E-state index is 13.4. The largest absolute Gasteiger partial charge is 0.322 e. The van der Waals surface area contributed by atoms with Crippen LogP contribution in [0.3, 0.4) is 0 Å². The van der Waals surface area contributed by atoms with Crippen molar-refractivity contribution in [1.82, 2.24) is 0 Å². The summed E-state index contributed by atoms with van der Waals surface area (Å²) in [5, 5.41) is 2.69. The average Bonchev–Trinajstić information content (AvgIpc) is 2.36. The number of hydrogen-bond acceptors (Lipinski definition) is 1. The van der Waals surface area contributed by atoms with Crippen molar-refractivity contribution in [2.45, 2.75) is 13.8 Å². The van der Waals surface area contributed by atoms with Crippen molar-refractivity contribution in [2.75, 3.05) is 5.32 Å². The van der Waals surface area contributed by atoms with Crippen molar-refractivity contribution < 1.29 is 9.18 Å². The molecule has 0 saturated heterocycles. The summed E-state index contributed by atoms with van der Waals surface area (Å²) in [7, 11) is 0. The Bertz CT molecular complexity index is 640. The van der Waals surface area contributed by atoms with Crippen LogP contribution in [-0.4, -0.2) is 5.91 Å². The van der Waals surface area contributed by atoms with Crippen molar-refractivity contribution in [3.8, 4) is 0 Å². The topological polar surface area (TPSA) is 29.1 Å². The number of anilines is 1. The first-order valence-electron chi connectivity index (χ1n) is 5.81. The van der Waals surface area contributed by atoms with Gasteiger partial charge in [0.1, 0.15) is 5.82 Å². The fourth-order valence-corrected chi connectivity index (χ4v) is 2.07. The lowest BCUT2D eigenvalue weighted by Crippen LogP contribution is -2.13. The molecule has 19 heavy (non-hydrogen) atoms. The second kappa shape index (κ2) is 5.53. The Morgan fingerprint density at radius 2 is 1.79 bits per heavy atom. The highest BCUT2D eigenvalue weighted by Gasteiger charge is 2.10. The first-order valence-corrected chi connectivity index (χ1v) is 6.60. The molecule has 2 aromatic carbocycles. The zero-order chi connectivity index (χ0) is 14.0. The highest BCUT2D eigenvalue weighted by atomic mass is 79.9. The van der Waals surface area contributed by atoms with E-state index in [4.69, 9.17) is 0 Å². The molecule has 1 amide bonds. The number of benzene rings is 2. The predicted molar refractivity (Wildman–Crippen MR) is 78.0 cm³/mol. The molecule has 2 nitrogen and oxygen atoms in total. The Balaban J connectivity index is 2.25. The van der Waals surface area contributed by atoms with Gasteiger partial charge in [-0.25, -0.2) is 4.39 Å². The van der Waals surface area contributed by atoms with E-state index in [9.17, 15) is 9.18 Å². The lowest BCUT2D eigenvalue weighted by Gasteiger charge is -2.09. The second-order valence-electron chi connectivity index (χ2n) is 4.38.